The number of benzene rings is 2. The van der Waals surface area contributed by atoms with Crippen molar-refractivity contribution in [1.29, 1.82) is 0 Å². The van der Waals surface area contributed by atoms with Crippen molar-refractivity contribution in [3.05, 3.63) is 65.5 Å². The third-order valence-electron chi connectivity index (χ3n) is 5.36. The SMILES string of the molecule is NC(=O)CCN(C(=O)c1ccc(CNC(=O)C2CCCC2)cc1)c1ccc(F)cc1. The van der Waals surface area contributed by atoms with Crippen LogP contribution in [0.1, 0.15) is 48.0 Å². The highest BCUT2D eigenvalue weighted by atomic mass is 19.1. The molecule has 3 N–H and O–H groups in total. The molecule has 7 heteroatoms. The minimum atomic E-state index is -0.525. The average Bonchev–Trinajstić information content (AvgIpc) is 3.28. The summed E-state index contributed by atoms with van der Waals surface area (Å²) >= 11 is 0. The van der Waals surface area contributed by atoms with Gasteiger partial charge in [-0.3, -0.25) is 14.4 Å². The number of carbonyl (C=O) groups excluding carboxylic acids is 3. The topological polar surface area (TPSA) is 92.5 Å². The van der Waals surface area contributed by atoms with E-state index in [0.717, 1.165) is 31.2 Å². The van der Waals surface area contributed by atoms with Crippen molar-refractivity contribution < 1.29 is 18.8 Å². The van der Waals surface area contributed by atoms with Crippen LogP contribution in [0.3, 0.4) is 0 Å². The van der Waals surface area contributed by atoms with Gasteiger partial charge in [-0.1, -0.05) is 25.0 Å². The van der Waals surface area contributed by atoms with Gasteiger partial charge in [-0.2, -0.15) is 0 Å². The van der Waals surface area contributed by atoms with E-state index in [9.17, 15) is 18.8 Å². The van der Waals surface area contributed by atoms with Crippen LogP contribution in [0.5, 0.6) is 0 Å². The van der Waals surface area contributed by atoms with Crippen LogP contribution in [0.4, 0.5) is 10.1 Å². The predicted molar refractivity (Wildman–Crippen MR) is 112 cm³/mol. The van der Waals surface area contributed by atoms with Gasteiger partial charge in [0.1, 0.15) is 5.82 Å². The van der Waals surface area contributed by atoms with Gasteiger partial charge < -0.3 is 16.0 Å². The minimum absolute atomic E-state index is 0.00556. The summed E-state index contributed by atoms with van der Waals surface area (Å²) in [5.74, 6) is -1.06. The molecule has 0 unspecified atom stereocenters. The summed E-state index contributed by atoms with van der Waals surface area (Å²) in [7, 11) is 0. The Bertz CT molecular complexity index is 891. The van der Waals surface area contributed by atoms with Crippen molar-refractivity contribution in [2.45, 2.75) is 38.6 Å². The second-order valence-electron chi connectivity index (χ2n) is 7.55. The number of rotatable bonds is 8. The van der Waals surface area contributed by atoms with Gasteiger partial charge in [-0.25, -0.2) is 4.39 Å². The molecule has 0 saturated heterocycles. The smallest absolute Gasteiger partial charge is 0.258 e. The fourth-order valence-electron chi connectivity index (χ4n) is 3.63. The van der Waals surface area contributed by atoms with E-state index < -0.39 is 11.7 Å². The molecule has 1 aliphatic carbocycles. The van der Waals surface area contributed by atoms with E-state index in [4.69, 9.17) is 5.73 Å². The second kappa shape index (κ2) is 10.0. The molecule has 6 nitrogen and oxygen atoms in total. The highest BCUT2D eigenvalue weighted by molar-refractivity contribution is 6.06. The van der Waals surface area contributed by atoms with Crippen molar-refractivity contribution >= 4 is 23.4 Å². The van der Waals surface area contributed by atoms with Gasteiger partial charge in [-0.15, -0.1) is 0 Å². The summed E-state index contributed by atoms with van der Waals surface area (Å²) in [6.07, 6.45) is 4.10. The highest BCUT2D eigenvalue weighted by Gasteiger charge is 2.22. The molecule has 3 amide bonds. The third-order valence-corrected chi connectivity index (χ3v) is 5.36. The maximum Gasteiger partial charge on any atom is 0.258 e. The van der Waals surface area contributed by atoms with Crippen molar-refractivity contribution in [3.8, 4) is 0 Å². The normalized spacial score (nSPS) is 13.8. The lowest BCUT2D eigenvalue weighted by Crippen LogP contribution is -2.34. The van der Waals surface area contributed by atoms with E-state index in [1.165, 1.54) is 29.2 Å². The van der Waals surface area contributed by atoms with Crippen molar-refractivity contribution in [2.75, 3.05) is 11.4 Å². The zero-order valence-corrected chi connectivity index (χ0v) is 16.8. The van der Waals surface area contributed by atoms with Crippen LogP contribution in [0, 0.1) is 11.7 Å². The largest absolute Gasteiger partial charge is 0.370 e. The van der Waals surface area contributed by atoms with E-state index in [1.54, 1.807) is 24.3 Å². The van der Waals surface area contributed by atoms with E-state index in [-0.39, 0.29) is 30.7 Å². The van der Waals surface area contributed by atoms with E-state index >= 15 is 0 Å². The van der Waals surface area contributed by atoms with Crippen LogP contribution in [-0.2, 0) is 16.1 Å². The number of hydrogen-bond donors (Lipinski definition) is 2. The lowest BCUT2D eigenvalue weighted by Gasteiger charge is -2.22. The Morgan fingerprint density at radius 3 is 2.23 bits per heavy atom. The maximum absolute atomic E-state index is 13.3. The fraction of sp³-hybridized carbons (Fsp3) is 0.348. The van der Waals surface area contributed by atoms with E-state index in [0.29, 0.717) is 17.8 Å². The number of primary amides is 1. The predicted octanol–water partition coefficient (Wildman–Crippen LogP) is 3.15. The number of nitrogens with zero attached hydrogens (tertiary/aromatic N) is 1. The molecule has 1 aliphatic rings. The first-order chi connectivity index (χ1) is 14.4. The number of halogens is 1. The van der Waals surface area contributed by atoms with Crippen molar-refractivity contribution in [2.24, 2.45) is 11.7 Å². The summed E-state index contributed by atoms with van der Waals surface area (Å²) in [6.45, 7) is 0.506. The number of carbonyl (C=O) groups is 3. The number of nitrogens with one attached hydrogen (secondary N) is 1. The van der Waals surface area contributed by atoms with E-state index in [2.05, 4.69) is 5.32 Å². The molecule has 0 aliphatic heterocycles. The highest BCUT2D eigenvalue weighted by Crippen LogP contribution is 2.24. The molecule has 0 aromatic heterocycles. The van der Waals surface area contributed by atoms with Gasteiger partial charge >= 0.3 is 0 Å². The first-order valence-corrected chi connectivity index (χ1v) is 10.2. The van der Waals surface area contributed by atoms with Crippen LogP contribution in [0.2, 0.25) is 0 Å². The molecule has 0 atom stereocenters. The van der Waals surface area contributed by atoms with Crippen LogP contribution < -0.4 is 16.0 Å². The number of anilines is 1. The minimum Gasteiger partial charge on any atom is -0.370 e. The molecule has 3 rings (SSSR count). The molecular formula is C23H26FN3O3. The molecule has 0 spiro atoms. The average molecular weight is 411 g/mol. The Labute approximate surface area is 175 Å². The monoisotopic (exact) mass is 411 g/mol. The zero-order chi connectivity index (χ0) is 21.5. The quantitative estimate of drug-likeness (QED) is 0.699. The molecule has 1 saturated carbocycles. The van der Waals surface area contributed by atoms with Gasteiger partial charge in [0.15, 0.2) is 0 Å². The van der Waals surface area contributed by atoms with Crippen LogP contribution in [0.15, 0.2) is 48.5 Å². The molecule has 2 aromatic carbocycles. The Hall–Kier alpha value is -3.22. The molecule has 1 fully saturated rings. The van der Waals surface area contributed by atoms with Crippen molar-refractivity contribution in [1.82, 2.24) is 5.32 Å². The summed E-state index contributed by atoms with van der Waals surface area (Å²) in [4.78, 5) is 37.8. The first kappa shape index (κ1) is 21.5. The van der Waals surface area contributed by atoms with Crippen LogP contribution >= 0.6 is 0 Å². The molecule has 2 aromatic rings. The summed E-state index contributed by atoms with van der Waals surface area (Å²) < 4.78 is 13.3. The number of hydrogen-bond acceptors (Lipinski definition) is 3. The third kappa shape index (κ3) is 5.65. The Morgan fingerprint density at radius 1 is 1.00 bits per heavy atom. The second-order valence-corrected chi connectivity index (χ2v) is 7.55. The Kier molecular flexibility index (Phi) is 7.17. The Morgan fingerprint density at radius 2 is 1.63 bits per heavy atom. The molecular weight excluding hydrogens is 385 g/mol. The number of amides is 3. The van der Waals surface area contributed by atoms with Gasteiger partial charge in [0.2, 0.25) is 11.8 Å². The van der Waals surface area contributed by atoms with Gasteiger partial charge in [0.25, 0.3) is 5.91 Å². The fourth-order valence-corrected chi connectivity index (χ4v) is 3.63. The van der Waals surface area contributed by atoms with Crippen LogP contribution in [0.25, 0.3) is 0 Å². The van der Waals surface area contributed by atoms with Gasteiger partial charge in [0.05, 0.1) is 0 Å². The van der Waals surface area contributed by atoms with Gasteiger partial charge in [0, 0.05) is 36.7 Å². The maximum atomic E-state index is 13.3. The molecule has 0 radical (unpaired) electrons. The van der Waals surface area contributed by atoms with Crippen LogP contribution in [-0.4, -0.2) is 24.3 Å². The molecule has 158 valence electrons. The zero-order valence-electron chi connectivity index (χ0n) is 16.8. The van der Waals surface area contributed by atoms with Crippen molar-refractivity contribution in [3.63, 3.8) is 0 Å². The molecule has 30 heavy (non-hydrogen) atoms. The first-order valence-electron chi connectivity index (χ1n) is 10.2. The standard InChI is InChI=1S/C23H26FN3O3/c24-19-9-11-20(12-10-19)27(14-13-21(25)28)23(30)18-7-5-16(6-8-18)15-26-22(29)17-3-1-2-4-17/h5-12,17H,1-4,13-15H2,(H2,25,28)(H,26,29). The number of nitrogens with two attached hydrogens (primary N) is 1. The Balaban J connectivity index is 1.67. The van der Waals surface area contributed by atoms with Gasteiger partial charge in [-0.05, 0) is 54.8 Å². The summed E-state index contributed by atoms with van der Waals surface area (Å²) in [6, 6.07) is 12.4. The summed E-state index contributed by atoms with van der Waals surface area (Å²) in [5, 5.41) is 2.96. The summed E-state index contributed by atoms with van der Waals surface area (Å²) in [5.41, 5.74) is 7.03. The lowest BCUT2D eigenvalue weighted by atomic mass is 10.1. The lowest BCUT2D eigenvalue weighted by molar-refractivity contribution is -0.125. The van der Waals surface area contributed by atoms with E-state index in [1.807, 2.05) is 0 Å². The molecule has 0 heterocycles. The molecule has 0 bridgehead atoms.